The van der Waals surface area contributed by atoms with Crippen molar-refractivity contribution in [1.82, 2.24) is 4.90 Å². The zero-order valence-corrected chi connectivity index (χ0v) is 20.7. The van der Waals surface area contributed by atoms with Gasteiger partial charge < -0.3 is 19.3 Å². The molecule has 36 heavy (non-hydrogen) atoms. The molecule has 5 rings (SSSR count). The molecule has 2 heterocycles. The number of methoxy groups -OCH3 is 2. The Morgan fingerprint density at radius 2 is 1.83 bits per heavy atom. The average Bonchev–Trinajstić information content (AvgIpc) is 3.39. The molecule has 1 saturated heterocycles. The monoisotopic (exact) mass is 486 g/mol. The van der Waals surface area contributed by atoms with Gasteiger partial charge in [0.15, 0.2) is 5.78 Å². The van der Waals surface area contributed by atoms with E-state index in [1.807, 2.05) is 54.6 Å². The topological polar surface area (TPSA) is 76.2 Å². The number of carbonyl (C=O) groups excluding carboxylic acids is 3. The van der Waals surface area contributed by atoms with Crippen LogP contribution in [-0.2, 0) is 27.3 Å². The number of ether oxygens (including phenoxy) is 2. The normalized spacial score (nSPS) is 16.9. The Morgan fingerprint density at radius 3 is 2.58 bits per heavy atom. The first-order chi connectivity index (χ1) is 17.5. The second-order valence-electron chi connectivity index (χ2n) is 9.34. The van der Waals surface area contributed by atoms with E-state index < -0.39 is 6.04 Å². The van der Waals surface area contributed by atoms with Crippen molar-refractivity contribution in [3.8, 4) is 5.75 Å². The lowest BCUT2D eigenvalue weighted by Crippen LogP contribution is -2.38. The third kappa shape index (κ3) is 4.35. The first-order valence-electron chi connectivity index (χ1n) is 12.3. The van der Waals surface area contributed by atoms with Crippen LogP contribution in [0.15, 0.2) is 54.6 Å². The summed E-state index contributed by atoms with van der Waals surface area (Å²) in [5, 5.41) is 1.83. The number of nitrogens with zero attached hydrogens (tertiary/aromatic N) is 2. The van der Waals surface area contributed by atoms with Crippen LogP contribution in [0.2, 0.25) is 0 Å². The fourth-order valence-electron chi connectivity index (χ4n) is 5.35. The quantitative estimate of drug-likeness (QED) is 0.403. The molecule has 0 spiro atoms. The van der Waals surface area contributed by atoms with E-state index in [0.29, 0.717) is 38.1 Å². The van der Waals surface area contributed by atoms with Gasteiger partial charge in [-0.15, -0.1) is 0 Å². The van der Waals surface area contributed by atoms with Crippen LogP contribution in [0, 0.1) is 0 Å². The van der Waals surface area contributed by atoms with Crippen LogP contribution in [0.25, 0.3) is 10.8 Å². The van der Waals surface area contributed by atoms with Gasteiger partial charge >= 0.3 is 0 Å². The second kappa shape index (κ2) is 10.1. The van der Waals surface area contributed by atoms with Gasteiger partial charge in [-0.05, 0) is 53.6 Å². The first-order valence-corrected chi connectivity index (χ1v) is 12.3. The van der Waals surface area contributed by atoms with Crippen LogP contribution < -0.4 is 9.64 Å². The molecule has 2 amide bonds. The zero-order chi connectivity index (χ0) is 25.2. The number of likely N-dealkylation sites (tertiary alicyclic amines) is 1. The van der Waals surface area contributed by atoms with Crippen LogP contribution in [0.4, 0.5) is 5.69 Å². The van der Waals surface area contributed by atoms with Crippen molar-refractivity contribution in [2.24, 2.45) is 0 Å². The molecule has 1 fully saturated rings. The van der Waals surface area contributed by atoms with Gasteiger partial charge in [0.05, 0.1) is 18.8 Å². The van der Waals surface area contributed by atoms with Gasteiger partial charge in [-0.25, -0.2) is 0 Å². The van der Waals surface area contributed by atoms with Crippen molar-refractivity contribution in [1.29, 1.82) is 0 Å². The summed E-state index contributed by atoms with van der Waals surface area (Å²) in [7, 11) is 3.27. The minimum Gasteiger partial charge on any atom is -0.497 e. The van der Waals surface area contributed by atoms with E-state index in [9.17, 15) is 14.4 Å². The van der Waals surface area contributed by atoms with E-state index in [2.05, 4.69) is 0 Å². The number of ketones is 1. The molecule has 3 aromatic rings. The number of hydrogen-bond donors (Lipinski definition) is 0. The van der Waals surface area contributed by atoms with Crippen molar-refractivity contribution >= 4 is 34.1 Å². The van der Waals surface area contributed by atoms with Crippen LogP contribution in [0.1, 0.15) is 40.7 Å². The van der Waals surface area contributed by atoms with Gasteiger partial charge in [0, 0.05) is 50.6 Å². The van der Waals surface area contributed by atoms with E-state index in [4.69, 9.17) is 9.47 Å². The van der Waals surface area contributed by atoms with Gasteiger partial charge in [-0.1, -0.05) is 30.3 Å². The Bertz CT molecular complexity index is 1320. The molecule has 2 aliphatic rings. The molecular formula is C29H30N2O5. The number of rotatable bonds is 10. The first kappa shape index (κ1) is 24.0. The standard InChI is InChI=1S/C29H30N2O5/c1-35-16-4-15-30-25-12-9-20(22-5-3-6-23(28(22)25)29(30)34)17-26(32)24-13-14-27(33)31(24)18-19-7-10-21(36-2)11-8-19/h3,5-12,24H,4,13-18H2,1-2H3. The number of carbonyl (C=O) groups is 3. The molecule has 1 unspecified atom stereocenters. The molecule has 0 N–H and O–H groups in total. The highest BCUT2D eigenvalue weighted by molar-refractivity contribution is 6.25. The molecule has 0 saturated carbocycles. The highest BCUT2D eigenvalue weighted by Crippen LogP contribution is 2.39. The highest BCUT2D eigenvalue weighted by atomic mass is 16.5. The number of amides is 2. The molecule has 0 bridgehead atoms. The highest BCUT2D eigenvalue weighted by Gasteiger charge is 2.36. The zero-order valence-electron chi connectivity index (χ0n) is 20.7. The fraction of sp³-hybridized carbons (Fsp3) is 0.345. The van der Waals surface area contributed by atoms with Crippen LogP contribution in [-0.4, -0.2) is 55.9 Å². The second-order valence-corrected chi connectivity index (χ2v) is 9.34. The minimum absolute atomic E-state index is 0.00174. The summed E-state index contributed by atoms with van der Waals surface area (Å²) < 4.78 is 10.4. The van der Waals surface area contributed by atoms with Crippen LogP contribution in [0.5, 0.6) is 5.75 Å². The van der Waals surface area contributed by atoms with Crippen molar-refractivity contribution in [2.45, 2.75) is 38.3 Å². The Labute approximate surface area is 210 Å². The molecule has 3 aromatic carbocycles. The van der Waals surface area contributed by atoms with E-state index in [1.54, 1.807) is 24.0 Å². The fourth-order valence-corrected chi connectivity index (χ4v) is 5.35. The molecule has 7 heteroatoms. The largest absolute Gasteiger partial charge is 0.497 e. The molecule has 0 aromatic heterocycles. The lowest BCUT2D eigenvalue weighted by molar-refractivity contribution is -0.134. The summed E-state index contributed by atoms with van der Waals surface area (Å²) in [6.45, 7) is 1.57. The van der Waals surface area contributed by atoms with Crippen molar-refractivity contribution in [3.05, 3.63) is 71.3 Å². The molecule has 2 aliphatic heterocycles. The summed E-state index contributed by atoms with van der Waals surface area (Å²) in [4.78, 5) is 42.7. The predicted octanol–water partition coefficient (Wildman–Crippen LogP) is 4.15. The van der Waals surface area contributed by atoms with Crippen molar-refractivity contribution in [2.75, 3.05) is 32.3 Å². The molecule has 186 valence electrons. The lowest BCUT2D eigenvalue weighted by Gasteiger charge is -2.24. The van der Waals surface area contributed by atoms with Gasteiger partial charge in [0.2, 0.25) is 5.91 Å². The van der Waals surface area contributed by atoms with E-state index in [1.165, 1.54) is 0 Å². The maximum atomic E-state index is 13.5. The minimum atomic E-state index is -0.449. The predicted molar refractivity (Wildman–Crippen MR) is 137 cm³/mol. The molecule has 1 atom stereocenters. The van der Waals surface area contributed by atoms with E-state index in [-0.39, 0.29) is 24.0 Å². The number of benzene rings is 3. The summed E-state index contributed by atoms with van der Waals surface area (Å²) in [6.07, 6.45) is 1.87. The molecule has 0 aliphatic carbocycles. The smallest absolute Gasteiger partial charge is 0.258 e. The van der Waals surface area contributed by atoms with Gasteiger partial charge in [-0.3, -0.25) is 14.4 Å². The Hall–Kier alpha value is -3.71. The van der Waals surface area contributed by atoms with Crippen LogP contribution in [0.3, 0.4) is 0 Å². The van der Waals surface area contributed by atoms with Gasteiger partial charge in [-0.2, -0.15) is 0 Å². The maximum absolute atomic E-state index is 13.5. The molecule has 0 radical (unpaired) electrons. The maximum Gasteiger partial charge on any atom is 0.258 e. The molecular weight excluding hydrogens is 456 g/mol. The van der Waals surface area contributed by atoms with Gasteiger partial charge in [0.1, 0.15) is 5.75 Å². The Kier molecular flexibility index (Phi) is 6.74. The molecule has 7 nitrogen and oxygen atoms in total. The van der Waals surface area contributed by atoms with Gasteiger partial charge in [0.25, 0.3) is 5.91 Å². The lowest BCUT2D eigenvalue weighted by atomic mass is 9.95. The summed E-state index contributed by atoms with van der Waals surface area (Å²) >= 11 is 0. The number of hydrogen-bond acceptors (Lipinski definition) is 5. The summed E-state index contributed by atoms with van der Waals surface area (Å²) in [5.41, 5.74) is 3.40. The van der Waals surface area contributed by atoms with E-state index in [0.717, 1.165) is 39.8 Å². The summed E-state index contributed by atoms with van der Waals surface area (Å²) in [6, 6.07) is 16.7. The van der Waals surface area contributed by atoms with E-state index >= 15 is 0 Å². The third-order valence-corrected chi connectivity index (χ3v) is 7.18. The van der Waals surface area contributed by atoms with Crippen molar-refractivity contribution in [3.63, 3.8) is 0 Å². The average molecular weight is 487 g/mol. The SMILES string of the molecule is COCCCN1C(=O)c2cccc3c(CC(=O)C4CCC(=O)N4Cc4ccc(OC)cc4)ccc1c23. The Morgan fingerprint density at radius 1 is 1.03 bits per heavy atom. The number of Topliss-reactive ketones (excluding diaryl/α,β-unsaturated/α-hetero) is 1. The van der Waals surface area contributed by atoms with Crippen molar-refractivity contribution < 1.29 is 23.9 Å². The summed E-state index contributed by atoms with van der Waals surface area (Å²) in [5.74, 6) is 0.766. The Balaban J connectivity index is 1.37. The van der Waals surface area contributed by atoms with Crippen LogP contribution >= 0.6 is 0 Å². The number of anilines is 1. The third-order valence-electron chi connectivity index (χ3n) is 7.18.